The number of hydrogen-bond acceptors (Lipinski definition) is 5. The molecule has 2 aliphatic rings. The molecule has 1 aliphatic heterocycles. The Kier molecular flexibility index (Phi) is 9.55. The van der Waals surface area contributed by atoms with E-state index < -0.39 is 33.7 Å². The molecule has 1 fully saturated rings. The normalized spacial score (nSPS) is 16.9. The first-order valence-electron chi connectivity index (χ1n) is 14.8. The highest BCUT2D eigenvalue weighted by atomic mass is 32.2. The van der Waals surface area contributed by atoms with Gasteiger partial charge in [-0.1, -0.05) is 79.9 Å². The van der Waals surface area contributed by atoms with Crippen molar-refractivity contribution in [1.29, 1.82) is 0 Å². The van der Waals surface area contributed by atoms with Gasteiger partial charge in [-0.25, -0.2) is 17.1 Å². The van der Waals surface area contributed by atoms with E-state index in [-0.39, 0.29) is 60.3 Å². The van der Waals surface area contributed by atoms with Gasteiger partial charge in [-0.05, 0) is 43.0 Å². The van der Waals surface area contributed by atoms with Crippen LogP contribution >= 0.6 is 0 Å². The van der Waals surface area contributed by atoms with Gasteiger partial charge in [0.1, 0.15) is 16.8 Å². The molecule has 1 heterocycles. The molecule has 3 aromatic rings. The van der Waals surface area contributed by atoms with E-state index in [2.05, 4.69) is 5.32 Å². The number of nitrogens with zero attached hydrogens (tertiary/aromatic N) is 2. The summed E-state index contributed by atoms with van der Waals surface area (Å²) in [6.45, 7) is -0.319. The molecular formula is C33H36FN3O5S. The summed E-state index contributed by atoms with van der Waals surface area (Å²) < 4.78 is 41.6. The summed E-state index contributed by atoms with van der Waals surface area (Å²) in [5.74, 6) is -1.84. The van der Waals surface area contributed by atoms with Crippen molar-refractivity contribution in [3.05, 3.63) is 101 Å². The molecule has 0 saturated heterocycles. The molecular weight excluding hydrogens is 569 g/mol. The lowest BCUT2D eigenvalue weighted by molar-refractivity contribution is -0.141. The summed E-state index contributed by atoms with van der Waals surface area (Å²) in [4.78, 5) is 41.9. The van der Waals surface area contributed by atoms with E-state index in [1.807, 2.05) is 30.3 Å². The average molecular weight is 606 g/mol. The Balaban J connectivity index is 1.38. The van der Waals surface area contributed by atoms with Crippen LogP contribution in [0.25, 0.3) is 0 Å². The average Bonchev–Trinajstić information content (AvgIpc) is 3.21. The minimum absolute atomic E-state index is 0.0120. The van der Waals surface area contributed by atoms with Gasteiger partial charge in [0.25, 0.3) is 15.9 Å². The third-order valence-electron chi connectivity index (χ3n) is 8.19. The Morgan fingerprint density at radius 2 is 1.60 bits per heavy atom. The Morgan fingerprint density at radius 1 is 0.930 bits per heavy atom. The number of rotatable bonds is 11. The maximum atomic E-state index is 14.8. The largest absolute Gasteiger partial charge is 0.352 e. The molecule has 0 aromatic heterocycles. The second-order valence-electron chi connectivity index (χ2n) is 11.1. The molecule has 226 valence electrons. The van der Waals surface area contributed by atoms with Gasteiger partial charge < -0.3 is 10.2 Å². The lowest BCUT2D eigenvalue weighted by Crippen LogP contribution is -2.53. The maximum absolute atomic E-state index is 14.8. The van der Waals surface area contributed by atoms with Crippen molar-refractivity contribution in [2.45, 2.75) is 74.9 Å². The second-order valence-corrected chi connectivity index (χ2v) is 13.0. The van der Waals surface area contributed by atoms with Crippen LogP contribution in [-0.2, 0) is 32.6 Å². The predicted molar refractivity (Wildman–Crippen MR) is 160 cm³/mol. The van der Waals surface area contributed by atoms with Crippen LogP contribution in [0.2, 0.25) is 0 Å². The predicted octanol–water partition coefficient (Wildman–Crippen LogP) is 4.84. The van der Waals surface area contributed by atoms with Crippen molar-refractivity contribution >= 4 is 27.7 Å². The molecule has 0 radical (unpaired) electrons. The van der Waals surface area contributed by atoms with Gasteiger partial charge in [-0.3, -0.25) is 14.4 Å². The zero-order valence-corrected chi connectivity index (χ0v) is 24.8. The molecule has 3 aromatic carbocycles. The minimum Gasteiger partial charge on any atom is -0.352 e. The highest BCUT2D eigenvalue weighted by Gasteiger charge is 2.40. The van der Waals surface area contributed by atoms with Crippen LogP contribution in [0.1, 0.15) is 66.4 Å². The molecule has 1 N–H and O–H groups in total. The van der Waals surface area contributed by atoms with Crippen LogP contribution in [0.4, 0.5) is 4.39 Å². The van der Waals surface area contributed by atoms with E-state index in [0.29, 0.717) is 0 Å². The molecule has 0 spiro atoms. The third-order valence-corrected chi connectivity index (χ3v) is 10.0. The lowest BCUT2D eigenvalue weighted by atomic mass is 9.94. The van der Waals surface area contributed by atoms with E-state index in [1.165, 1.54) is 23.1 Å². The Labute approximate surface area is 251 Å². The Bertz CT molecular complexity index is 1570. The van der Waals surface area contributed by atoms with Gasteiger partial charge >= 0.3 is 0 Å². The summed E-state index contributed by atoms with van der Waals surface area (Å²) in [7, 11) is -4.01. The number of carbonyl (C=O) groups excluding carboxylic acids is 3. The first-order valence-corrected chi connectivity index (χ1v) is 16.2. The zero-order chi connectivity index (χ0) is 30.4. The molecule has 0 unspecified atom stereocenters. The minimum atomic E-state index is -4.01. The number of benzene rings is 3. The van der Waals surface area contributed by atoms with Crippen molar-refractivity contribution in [2.75, 3.05) is 6.54 Å². The van der Waals surface area contributed by atoms with Crippen molar-refractivity contribution in [3.63, 3.8) is 0 Å². The van der Waals surface area contributed by atoms with Gasteiger partial charge in [0, 0.05) is 37.5 Å². The SMILES string of the molecule is O=C(NC1CCCCC1)[C@@H](Cc1ccccc1)N(Cc1ccccc1F)C(=O)CCCN1C(=O)c2ccccc2S1(=O)=O. The van der Waals surface area contributed by atoms with Crippen LogP contribution in [-0.4, -0.2) is 54.0 Å². The Hall–Kier alpha value is -4.05. The van der Waals surface area contributed by atoms with Crippen LogP contribution in [0, 0.1) is 5.82 Å². The smallest absolute Gasteiger partial charge is 0.269 e. The molecule has 1 atom stereocenters. The van der Waals surface area contributed by atoms with Gasteiger partial charge in [-0.2, -0.15) is 0 Å². The number of fused-ring (bicyclic) bond motifs is 1. The first kappa shape index (κ1) is 30.4. The standard InChI is InChI=1S/C33H36FN3O5S/c34-28-18-9-7-14-25(28)23-36(29(22-24-12-3-1-4-13-24)32(39)35-26-15-5-2-6-16-26)31(38)20-11-21-37-33(40)27-17-8-10-19-30(27)43(37,41)42/h1,3-4,7-10,12-14,17-19,26,29H,2,5-6,11,15-16,20-23H2,(H,35,39)/t29-/m1/s1. The fourth-order valence-electron chi connectivity index (χ4n) is 5.88. The number of nitrogens with one attached hydrogen (secondary N) is 1. The monoisotopic (exact) mass is 605 g/mol. The van der Waals surface area contributed by atoms with E-state index in [0.717, 1.165) is 42.0 Å². The van der Waals surface area contributed by atoms with E-state index >= 15 is 0 Å². The molecule has 3 amide bonds. The van der Waals surface area contributed by atoms with Crippen LogP contribution in [0.3, 0.4) is 0 Å². The van der Waals surface area contributed by atoms with E-state index in [9.17, 15) is 27.2 Å². The third kappa shape index (κ3) is 6.96. The fraction of sp³-hybridized carbons (Fsp3) is 0.364. The van der Waals surface area contributed by atoms with Crippen molar-refractivity contribution in [3.8, 4) is 0 Å². The topological polar surface area (TPSA) is 104 Å². The van der Waals surface area contributed by atoms with Crippen molar-refractivity contribution < 1.29 is 27.2 Å². The van der Waals surface area contributed by atoms with Crippen molar-refractivity contribution in [1.82, 2.24) is 14.5 Å². The van der Waals surface area contributed by atoms with E-state index in [1.54, 1.807) is 30.3 Å². The quantitative estimate of drug-likeness (QED) is 0.337. The molecule has 1 aliphatic carbocycles. The van der Waals surface area contributed by atoms with Gasteiger partial charge in [0.15, 0.2) is 0 Å². The maximum Gasteiger partial charge on any atom is 0.269 e. The van der Waals surface area contributed by atoms with Crippen LogP contribution in [0.15, 0.2) is 83.8 Å². The molecule has 43 heavy (non-hydrogen) atoms. The Morgan fingerprint density at radius 3 is 2.33 bits per heavy atom. The number of carbonyl (C=O) groups is 3. The van der Waals surface area contributed by atoms with Crippen LogP contribution < -0.4 is 5.32 Å². The number of amides is 3. The number of sulfonamides is 1. The summed E-state index contributed by atoms with van der Waals surface area (Å²) in [6, 6.07) is 20.6. The molecule has 1 saturated carbocycles. The zero-order valence-electron chi connectivity index (χ0n) is 24.0. The molecule has 10 heteroatoms. The highest BCUT2D eigenvalue weighted by molar-refractivity contribution is 7.90. The van der Waals surface area contributed by atoms with Gasteiger partial charge in [0.2, 0.25) is 11.8 Å². The van der Waals surface area contributed by atoms with Crippen LogP contribution in [0.5, 0.6) is 0 Å². The van der Waals surface area contributed by atoms with Gasteiger partial charge in [-0.15, -0.1) is 0 Å². The highest BCUT2D eigenvalue weighted by Crippen LogP contribution is 2.30. The van der Waals surface area contributed by atoms with Gasteiger partial charge in [0.05, 0.1) is 5.56 Å². The van der Waals surface area contributed by atoms with E-state index in [4.69, 9.17) is 0 Å². The fourth-order valence-corrected chi connectivity index (χ4v) is 7.49. The number of hydrogen-bond donors (Lipinski definition) is 1. The molecule has 8 nitrogen and oxygen atoms in total. The second kappa shape index (κ2) is 13.5. The summed E-state index contributed by atoms with van der Waals surface area (Å²) in [6.07, 6.45) is 5.05. The summed E-state index contributed by atoms with van der Waals surface area (Å²) in [5, 5.41) is 3.14. The van der Waals surface area contributed by atoms with Crippen molar-refractivity contribution in [2.24, 2.45) is 0 Å². The summed E-state index contributed by atoms with van der Waals surface area (Å²) in [5.41, 5.74) is 1.23. The molecule has 0 bridgehead atoms. The lowest BCUT2D eigenvalue weighted by Gasteiger charge is -2.33. The summed E-state index contributed by atoms with van der Waals surface area (Å²) >= 11 is 0. The number of halogens is 1. The first-order chi connectivity index (χ1) is 20.8. The molecule has 5 rings (SSSR count).